The Morgan fingerprint density at radius 1 is 1.29 bits per heavy atom. The van der Waals surface area contributed by atoms with Gasteiger partial charge in [0.15, 0.2) is 5.69 Å². The van der Waals surface area contributed by atoms with Crippen molar-refractivity contribution >= 4 is 17.3 Å². The van der Waals surface area contributed by atoms with Crippen LogP contribution in [-0.2, 0) is 19.5 Å². The summed E-state index contributed by atoms with van der Waals surface area (Å²) in [6.07, 6.45) is 1.82. The number of aryl methyl sites for hydroxylation is 1. The van der Waals surface area contributed by atoms with Gasteiger partial charge in [-0.25, -0.2) is 9.78 Å². The van der Waals surface area contributed by atoms with E-state index in [1.807, 2.05) is 25.2 Å². The summed E-state index contributed by atoms with van der Waals surface area (Å²) in [5.74, 6) is -0.934. The van der Waals surface area contributed by atoms with Gasteiger partial charge in [-0.2, -0.15) is 0 Å². The van der Waals surface area contributed by atoms with Gasteiger partial charge in [0.2, 0.25) is 0 Å². The Balaban J connectivity index is 2.09. The molecule has 1 N–H and O–H groups in total. The van der Waals surface area contributed by atoms with Crippen LogP contribution in [0.1, 0.15) is 39.3 Å². The van der Waals surface area contributed by atoms with Crippen LogP contribution < -0.4 is 0 Å². The largest absolute Gasteiger partial charge is 0.476 e. The Morgan fingerprint density at radius 3 is 2.62 bits per heavy atom. The molecular formula is C16H20N2O2S. The van der Waals surface area contributed by atoms with Gasteiger partial charge in [-0.05, 0) is 25.5 Å². The molecule has 0 aliphatic heterocycles. The number of carbonyl (C=O) groups is 1. The number of thiazole rings is 1. The Kier molecular flexibility index (Phi) is 5.47. The summed E-state index contributed by atoms with van der Waals surface area (Å²) in [5, 5.41) is 10.2. The minimum absolute atomic E-state index is 0.211. The zero-order valence-corrected chi connectivity index (χ0v) is 13.2. The van der Waals surface area contributed by atoms with E-state index in [1.165, 1.54) is 16.9 Å². The van der Waals surface area contributed by atoms with Gasteiger partial charge in [0.05, 0.1) is 9.88 Å². The number of carboxylic acid groups (broad SMARTS) is 1. The third kappa shape index (κ3) is 4.37. The minimum Gasteiger partial charge on any atom is -0.476 e. The molecule has 0 aliphatic carbocycles. The van der Waals surface area contributed by atoms with E-state index in [-0.39, 0.29) is 5.69 Å². The van der Waals surface area contributed by atoms with Crippen LogP contribution in [0.15, 0.2) is 30.3 Å². The van der Waals surface area contributed by atoms with Gasteiger partial charge in [0.1, 0.15) is 0 Å². The summed E-state index contributed by atoms with van der Waals surface area (Å²) < 4.78 is 0. The zero-order valence-electron chi connectivity index (χ0n) is 12.4. The first kappa shape index (κ1) is 15.7. The first-order chi connectivity index (χ1) is 10.1. The summed E-state index contributed by atoms with van der Waals surface area (Å²) in [5.41, 5.74) is 1.43. The average Bonchev–Trinajstić information content (AvgIpc) is 2.83. The van der Waals surface area contributed by atoms with Gasteiger partial charge in [0, 0.05) is 13.1 Å². The lowest BCUT2D eigenvalue weighted by atomic mass is 10.2. The fourth-order valence-corrected chi connectivity index (χ4v) is 3.43. The fraction of sp³-hybridized carbons (Fsp3) is 0.375. The molecular weight excluding hydrogens is 284 g/mol. The van der Waals surface area contributed by atoms with Crippen molar-refractivity contribution in [2.24, 2.45) is 0 Å². The lowest BCUT2D eigenvalue weighted by Crippen LogP contribution is -2.18. The highest BCUT2D eigenvalue weighted by Crippen LogP contribution is 2.22. The number of rotatable bonds is 7. The second-order valence-electron chi connectivity index (χ2n) is 5.09. The molecule has 1 aromatic carbocycles. The summed E-state index contributed by atoms with van der Waals surface area (Å²) in [7, 11) is 2.00. The van der Waals surface area contributed by atoms with Gasteiger partial charge in [-0.3, -0.25) is 4.90 Å². The lowest BCUT2D eigenvalue weighted by Gasteiger charge is -2.15. The highest BCUT2D eigenvalue weighted by molar-refractivity contribution is 7.11. The van der Waals surface area contributed by atoms with E-state index < -0.39 is 5.97 Å². The molecule has 1 heterocycles. The molecule has 0 unspecified atom stereocenters. The minimum atomic E-state index is -0.934. The maximum Gasteiger partial charge on any atom is 0.355 e. The van der Waals surface area contributed by atoms with E-state index in [2.05, 4.69) is 28.9 Å². The second kappa shape index (κ2) is 7.33. The Bertz CT molecular complexity index is 596. The SMILES string of the molecule is CCCc1nc(C(=O)O)c(CN(C)Cc2ccccc2)s1. The first-order valence-corrected chi connectivity index (χ1v) is 7.86. The van der Waals surface area contributed by atoms with Crippen molar-refractivity contribution in [3.8, 4) is 0 Å². The van der Waals surface area contributed by atoms with Crippen molar-refractivity contribution in [2.75, 3.05) is 7.05 Å². The van der Waals surface area contributed by atoms with Gasteiger partial charge >= 0.3 is 5.97 Å². The molecule has 2 aromatic rings. The Labute approximate surface area is 129 Å². The molecule has 1 aromatic heterocycles. The molecule has 0 bridgehead atoms. The number of aromatic carboxylic acids is 1. The van der Waals surface area contributed by atoms with Crippen LogP contribution in [0.2, 0.25) is 0 Å². The molecule has 2 rings (SSSR count). The number of benzene rings is 1. The van der Waals surface area contributed by atoms with Crippen LogP contribution >= 0.6 is 11.3 Å². The van der Waals surface area contributed by atoms with Crippen molar-refractivity contribution in [2.45, 2.75) is 32.9 Å². The summed E-state index contributed by atoms with van der Waals surface area (Å²) in [6.45, 7) is 3.47. The van der Waals surface area contributed by atoms with Gasteiger partial charge < -0.3 is 5.11 Å². The molecule has 0 saturated carbocycles. The van der Waals surface area contributed by atoms with Crippen LogP contribution in [0.25, 0.3) is 0 Å². The second-order valence-corrected chi connectivity index (χ2v) is 6.26. The van der Waals surface area contributed by atoms with E-state index in [9.17, 15) is 9.90 Å². The molecule has 0 fully saturated rings. The number of nitrogens with zero attached hydrogens (tertiary/aromatic N) is 2. The van der Waals surface area contributed by atoms with E-state index in [0.29, 0.717) is 6.54 Å². The smallest absolute Gasteiger partial charge is 0.355 e. The monoisotopic (exact) mass is 304 g/mol. The van der Waals surface area contributed by atoms with Crippen molar-refractivity contribution in [1.29, 1.82) is 0 Å². The van der Waals surface area contributed by atoms with E-state index in [0.717, 1.165) is 29.3 Å². The van der Waals surface area contributed by atoms with Gasteiger partial charge in [-0.1, -0.05) is 37.3 Å². The van der Waals surface area contributed by atoms with Gasteiger partial charge in [-0.15, -0.1) is 11.3 Å². The molecule has 0 amide bonds. The number of carboxylic acids is 1. The number of hydrogen-bond donors (Lipinski definition) is 1. The topological polar surface area (TPSA) is 53.4 Å². The number of hydrogen-bond acceptors (Lipinski definition) is 4. The van der Waals surface area contributed by atoms with E-state index >= 15 is 0 Å². The quantitative estimate of drug-likeness (QED) is 0.851. The highest BCUT2D eigenvalue weighted by Gasteiger charge is 2.18. The van der Waals surface area contributed by atoms with Crippen LogP contribution in [0, 0.1) is 0 Å². The maximum atomic E-state index is 11.3. The normalized spacial score (nSPS) is 11.0. The Morgan fingerprint density at radius 2 is 2.00 bits per heavy atom. The van der Waals surface area contributed by atoms with Crippen molar-refractivity contribution in [3.63, 3.8) is 0 Å². The van der Waals surface area contributed by atoms with Gasteiger partial charge in [0.25, 0.3) is 0 Å². The standard InChI is InChI=1S/C16H20N2O2S/c1-3-7-14-17-15(16(19)20)13(21-14)11-18(2)10-12-8-5-4-6-9-12/h4-6,8-9H,3,7,10-11H2,1-2H3,(H,19,20). The predicted molar refractivity (Wildman–Crippen MR) is 84.7 cm³/mol. The fourth-order valence-electron chi connectivity index (χ4n) is 2.19. The molecule has 4 nitrogen and oxygen atoms in total. The molecule has 0 radical (unpaired) electrons. The van der Waals surface area contributed by atoms with Crippen LogP contribution in [0.3, 0.4) is 0 Å². The third-order valence-corrected chi connectivity index (χ3v) is 4.22. The van der Waals surface area contributed by atoms with Crippen molar-refractivity contribution in [3.05, 3.63) is 51.5 Å². The summed E-state index contributed by atoms with van der Waals surface area (Å²) >= 11 is 1.52. The van der Waals surface area contributed by atoms with Crippen LogP contribution in [-0.4, -0.2) is 28.0 Å². The average molecular weight is 304 g/mol. The Hall–Kier alpha value is -1.72. The van der Waals surface area contributed by atoms with Crippen molar-refractivity contribution in [1.82, 2.24) is 9.88 Å². The molecule has 0 spiro atoms. The molecule has 112 valence electrons. The molecule has 0 atom stereocenters. The summed E-state index contributed by atoms with van der Waals surface area (Å²) in [4.78, 5) is 18.5. The third-order valence-electron chi connectivity index (χ3n) is 3.12. The number of aromatic nitrogens is 1. The van der Waals surface area contributed by atoms with Crippen LogP contribution in [0.5, 0.6) is 0 Å². The van der Waals surface area contributed by atoms with Crippen molar-refractivity contribution < 1.29 is 9.90 Å². The maximum absolute atomic E-state index is 11.3. The molecule has 5 heteroatoms. The highest BCUT2D eigenvalue weighted by atomic mass is 32.1. The predicted octanol–water partition coefficient (Wildman–Crippen LogP) is 3.43. The summed E-state index contributed by atoms with van der Waals surface area (Å²) in [6, 6.07) is 10.2. The first-order valence-electron chi connectivity index (χ1n) is 7.04. The molecule has 0 saturated heterocycles. The molecule has 21 heavy (non-hydrogen) atoms. The molecule has 0 aliphatic rings. The van der Waals surface area contributed by atoms with E-state index in [1.54, 1.807) is 0 Å². The lowest BCUT2D eigenvalue weighted by molar-refractivity contribution is 0.0689. The zero-order chi connectivity index (χ0) is 15.2. The van der Waals surface area contributed by atoms with Crippen LogP contribution in [0.4, 0.5) is 0 Å². The van der Waals surface area contributed by atoms with E-state index in [4.69, 9.17) is 0 Å².